The zero-order valence-electron chi connectivity index (χ0n) is 13.8. The van der Waals surface area contributed by atoms with Gasteiger partial charge in [-0.1, -0.05) is 17.7 Å². The quantitative estimate of drug-likeness (QED) is 0.794. The molecular formula is C17H20ClN3O2. The first-order valence-corrected chi connectivity index (χ1v) is 7.91. The molecule has 3 heterocycles. The molecule has 6 heteroatoms. The number of imidazole rings is 1. The number of carbonyl (C=O) groups excluding carboxylic acids is 1. The molecule has 0 N–H and O–H groups in total. The monoisotopic (exact) mass is 333 g/mol. The third-order valence-corrected chi connectivity index (χ3v) is 3.91. The molecule has 122 valence electrons. The second-order valence-corrected chi connectivity index (χ2v) is 7.23. The summed E-state index contributed by atoms with van der Waals surface area (Å²) in [7, 11) is 0. The van der Waals surface area contributed by atoms with E-state index in [1.165, 1.54) is 5.57 Å². The molecule has 2 aromatic rings. The van der Waals surface area contributed by atoms with E-state index in [9.17, 15) is 4.79 Å². The molecule has 1 aliphatic heterocycles. The molecular weight excluding hydrogens is 314 g/mol. The predicted octanol–water partition coefficient (Wildman–Crippen LogP) is 3.93. The zero-order chi connectivity index (χ0) is 16.8. The lowest BCUT2D eigenvalue weighted by molar-refractivity contribution is 0.0216. The van der Waals surface area contributed by atoms with E-state index in [-0.39, 0.29) is 6.09 Å². The van der Waals surface area contributed by atoms with E-state index < -0.39 is 5.60 Å². The average Bonchev–Trinajstić information content (AvgIpc) is 2.73. The van der Waals surface area contributed by atoms with Crippen molar-refractivity contribution >= 4 is 29.3 Å². The normalized spacial score (nSPS) is 14.8. The molecule has 0 atom stereocenters. The lowest BCUT2D eigenvalue weighted by atomic mass is 10.1. The maximum atomic E-state index is 11.9. The molecule has 5 nitrogen and oxygen atoms in total. The van der Waals surface area contributed by atoms with E-state index >= 15 is 0 Å². The van der Waals surface area contributed by atoms with Crippen LogP contribution in [0.5, 0.6) is 0 Å². The van der Waals surface area contributed by atoms with Crippen molar-refractivity contribution in [2.75, 3.05) is 13.1 Å². The minimum Gasteiger partial charge on any atom is -0.444 e. The van der Waals surface area contributed by atoms with E-state index in [4.69, 9.17) is 16.3 Å². The van der Waals surface area contributed by atoms with E-state index in [2.05, 4.69) is 11.1 Å². The number of rotatable bonds is 1. The van der Waals surface area contributed by atoms with Crippen LogP contribution in [-0.2, 0) is 4.74 Å². The number of aryl methyl sites for hydroxylation is 1. The van der Waals surface area contributed by atoms with Gasteiger partial charge in [0.2, 0.25) is 0 Å². The van der Waals surface area contributed by atoms with Crippen LogP contribution in [0.15, 0.2) is 24.0 Å². The van der Waals surface area contributed by atoms with Crippen molar-refractivity contribution in [2.45, 2.75) is 33.3 Å². The number of hydrogen-bond donors (Lipinski definition) is 0. The summed E-state index contributed by atoms with van der Waals surface area (Å²) in [4.78, 5) is 17.9. The van der Waals surface area contributed by atoms with Gasteiger partial charge >= 0.3 is 6.09 Å². The molecule has 23 heavy (non-hydrogen) atoms. The van der Waals surface area contributed by atoms with Gasteiger partial charge in [0.25, 0.3) is 0 Å². The van der Waals surface area contributed by atoms with Crippen molar-refractivity contribution in [3.05, 3.63) is 40.4 Å². The molecule has 0 unspecified atom stereocenters. The number of pyridine rings is 1. The Labute approximate surface area is 140 Å². The topological polar surface area (TPSA) is 46.8 Å². The first kappa shape index (κ1) is 15.9. The minimum atomic E-state index is -0.464. The lowest BCUT2D eigenvalue weighted by Gasteiger charge is -2.35. The Bertz CT molecular complexity index is 794. The standard InChI is InChI=1S/C17H20ClN3O2/c1-11-19-7-15-14(18)6-12(10-21(11)15)5-13-8-20(9-13)16(22)23-17(2,3)4/h5-7,10H,8-9H2,1-4H3. The summed E-state index contributed by atoms with van der Waals surface area (Å²) in [6.07, 6.45) is 5.56. The summed E-state index contributed by atoms with van der Waals surface area (Å²) in [5, 5.41) is 0.670. The van der Waals surface area contributed by atoms with Crippen LogP contribution in [0, 0.1) is 6.92 Å². The van der Waals surface area contributed by atoms with Gasteiger partial charge < -0.3 is 14.0 Å². The maximum Gasteiger partial charge on any atom is 0.410 e. The van der Waals surface area contributed by atoms with Gasteiger partial charge in [-0.15, -0.1) is 0 Å². The van der Waals surface area contributed by atoms with Crippen LogP contribution >= 0.6 is 11.6 Å². The number of halogens is 1. The summed E-state index contributed by atoms with van der Waals surface area (Å²) < 4.78 is 7.32. The van der Waals surface area contributed by atoms with Crippen molar-refractivity contribution in [1.29, 1.82) is 0 Å². The van der Waals surface area contributed by atoms with Crippen molar-refractivity contribution in [1.82, 2.24) is 14.3 Å². The largest absolute Gasteiger partial charge is 0.444 e. The first-order chi connectivity index (χ1) is 10.7. The fourth-order valence-corrected chi connectivity index (χ4v) is 2.77. The highest BCUT2D eigenvalue weighted by molar-refractivity contribution is 6.33. The molecule has 0 bridgehead atoms. The van der Waals surface area contributed by atoms with Gasteiger partial charge in [-0.2, -0.15) is 0 Å². The van der Waals surface area contributed by atoms with Gasteiger partial charge in [0, 0.05) is 19.3 Å². The Morgan fingerprint density at radius 3 is 2.74 bits per heavy atom. The highest BCUT2D eigenvalue weighted by Gasteiger charge is 2.29. The molecule has 1 saturated heterocycles. The van der Waals surface area contributed by atoms with E-state index in [1.54, 1.807) is 11.1 Å². The predicted molar refractivity (Wildman–Crippen MR) is 90.7 cm³/mol. The number of nitrogens with zero attached hydrogens (tertiary/aromatic N) is 3. The third-order valence-electron chi connectivity index (χ3n) is 3.61. The number of ether oxygens (including phenoxy) is 1. The lowest BCUT2D eigenvalue weighted by Crippen LogP contribution is -2.46. The molecule has 2 aromatic heterocycles. The van der Waals surface area contributed by atoms with Crippen LogP contribution in [0.3, 0.4) is 0 Å². The summed E-state index contributed by atoms with van der Waals surface area (Å²) in [5.41, 5.74) is 2.61. The van der Waals surface area contributed by atoms with Gasteiger partial charge in [0.15, 0.2) is 0 Å². The van der Waals surface area contributed by atoms with Crippen LogP contribution < -0.4 is 0 Å². The Hall–Kier alpha value is -2.01. The van der Waals surface area contributed by atoms with E-state index in [0.717, 1.165) is 16.9 Å². The fourth-order valence-electron chi connectivity index (χ4n) is 2.51. The number of amides is 1. The van der Waals surface area contributed by atoms with Crippen LogP contribution in [0.4, 0.5) is 4.79 Å². The Morgan fingerprint density at radius 2 is 2.09 bits per heavy atom. The molecule has 0 saturated carbocycles. The van der Waals surface area contributed by atoms with Crippen molar-refractivity contribution in [3.8, 4) is 0 Å². The Morgan fingerprint density at radius 1 is 1.39 bits per heavy atom. The number of likely N-dealkylation sites (tertiary alicyclic amines) is 1. The maximum absolute atomic E-state index is 11.9. The second-order valence-electron chi connectivity index (χ2n) is 6.82. The summed E-state index contributed by atoms with van der Waals surface area (Å²) in [5.74, 6) is 0.895. The van der Waals surface area contributed by atoms with E-state index in [1.807, 2.05) is 44.4 Å². The first-order valence-electron chi connectivity index (χ1n) is 7.53. The third kappa shape index (κ3) is 3.34. The summed E-state index contributed by atoms with van der Waals surface area (Å²) in [6, 6.07) is 1.92. The Balaban J connectivity index is 1.72. The van der Waals surface area contributed by atoms with Gasteiger partial charge in [-0.25, -0.2) is 9.78 Å². The molecule has 0 radical (unpaired) electrons. The summed E-state index contributed by atoms with van der Waals surface area (Å²) in [6.45, 7) is 8.72. The molecule has 1 aliphatic rings. The van der Waals surface area contributed by atoms with Crippen LogP contribution in [0.2, 0.25) is 5.02 Å². The van der Waals surface area contributed by atoms with Gasteiger partial charge in [0.05, 0.1) is 16.7 Å². The molecule has 0 spiro atoms. The van der Waals surface area contributed by atoms with Crippen molar-refractivity contribution in [2.24, 2.45) is 0 Å². The second kappa shape index (κ2) is 5.57. The summed E-state index contributed by atoms with van der Waals surface area (Å²) >= 11 is 6.30. The molecule has 3 rings (SSSR count). The van der Waals surface area contributed by atoms with Crippen molar-refractivity contribution < 1.29 is 9.53 Å². The molecule has 1 fully saturated rings. The zero-order valence-corrected chi connectivity index (χ0v) is 14.5. The van der Waals surface area contributed by atoms with Gasteiger partial charge in [-0.05, 0) is 44.9 Å². The molecule has 0 aromatic carbocycles. The fraction of sp³-hybridized carbons (Fsp3) is 0.412. The van der Waals surface area contributed by atoms with Crippen molar-refractivity contribution in [3.63, 3.8) is 0 Å². The Kier molecular flexibility index (Phi) is 3.84. The highest BCUT2D eigenvalue weighted by atomic mass is 35.5. The van der Waals surface area contributed by atoms with Gasteiger partial charge in [0.1, 0.15) is 11.4 Å². The van der Waals surface area contributed by atoms with E-state index in [0.29, 0.717) is 18.1 Å². The van der Waals surface area contributed by atoms with Crippen LogP contribution in [-0.4, -0.2) is 39.1 Å². The number of fused-ring (bicyclic) bond motifs is 1. The SMILES string of the molecule is Cc1ncc2c(Cl)cc(C=C3CN(C(=O)OC(C)(C)C)C3)cn12. The minimum absolute atomic E-state index is 0.270. The molecule has 1 amide bonds. The number of aromatic nitrogens is 2. The average molecular weight is 334 g/mol. The van der Waals surface area contributed by atoms with Crippen LogP contribution in [0.25, 0.3) is 11.6 Å². The number of hydrogen-bond acceptors (Lipinski definition) is 3. The van der Waals surface area contributed by atoms with Gasteiger partial charge in [-0.3, -0.25) is 0 Å². The van der Waals surface area contributed by atoms with Crippen LogP contribution in [0.1, 0.15) is 32.2 Å². The molecule has 0 aliphatic carbocycles. The highest BCUT2D eigenvalue weighted by Crippen LogP contribution is 2.25. The number of carbonyl (C=O) groups is 1. The smallest absolute Gasteiger partial charge is 0.410 e.